The molecule has 6 heteroatoms. The molecule has 0 radical (unpaired) electrons. The summed E-state index contributed by atoms with van der Waals surface area (Å²) in [5, 5.41) is 11.4. The first-order valence-electron chi connectivity index (χ1n) is 8.56. The van der Waals surface area contributed by atoms with Crippen molar-refractivity contribution in [1.82, 2.24) is 20.3 Å². The Hall–Kier alpha value is -3.02. The highest BCUT2D eigenvalue weighted by Gasteiger charge is 2.14. The predicted molar refractivity (Wildman–Crippen MR) is 101 cm³/mol. The molecule has 3 rings (SSSR count). The first kappa shape index (κ1) is 17.8. The first-order valence-corrected chi connectivity index (χ1v) is 8.56. The molecular weight excluding hydrogens is 328 g/mol. The highest BCUT2D eigenvalue weighted by Crippen LogP contribution is 2.15. The summed E-state index contributed by atoms with van der Waals surface area (Å²) in [4.78, 5) is 25.0. The number of hydrogen-bond donors (Lipinski definition) is 1. The van der Waals surface area contributed by atoms with Gasteiger partial charge in [-0.15, -0.1) is 5.10 Å². The number of carbonyl (C=O) groups is 1. The average molecular weight is 350 g/mol. The van der Waals surface area contributed by atoms with E-state index < -0.39 is 0 Å². The van der Waals surface area contributed by atoms with Crippen LogP contribution in [0.5, 0.6) is 0 Å². The quantitative estimate of drug-likeness (QED) is 0.785. The van der Waals surface area contributed by atoms with Crippen molar-refractivity contribution < 1.29 is 4.79 Å². The molecule has 1 unspecified atom stereocenters. The standard InChI is InChI=1S/C20H22N4O2/c1-12-5-7-16(8-6-12)15(4)21-18(25)11-24-20(26)17-10-13(2)9-14(3)19(17)22-23-24/h5-10,15H,11H2,1-4H3,(H,21,25). The summed E-state index contributed by atoms with van der Waals surface area (Å²) < 4.78 is 1.11. The second-order valence-corrected chi connectivity index (χ2v) is 6.73. The maximum atomic E-state index is 12.6. The molecule has 26 heavy (non-hydrogen) atoms. The van der Waals surface area contributed by atoms with Gasteiger partial charge in [0, 0.05) is 0 Å². The van der Waals surface area contributed by atoms with Crippen LogP contribution in [-0.4, -0.2) is 20.9 Å². The Bertz CT molecular complexity index is 1020. The van der Waals surface area contributed by atoms with Crippen molar-refractivity contribution in [3.05, 3.63) is 69.0 Å². The van der Waals surface area contributed by atoms with Gasteiger partial charge < -0.3 is 5.32 Å². The second-order valence-electron chi connectivity index (χ2n) is 6.73. The Balaban J connectivity index is 1.80. The molecule has 1 heterocycles. The minimum absolute atomic E-state index is 0.156. The summed E-state index contributed by atoms with van der Waals surface area (Å²) in [5.74, 6) is -0.279. The van der Waals surface area contributed by atoms with E-state index in [1.807, 2.05) is 58.0 Å². The van der Waals surface area contributed by atoms with Crippen LogP contribution in [0.15, 0.2) is 41.2 Å². The third-order valence-corrected chi connectivity index (χ3v) is 4.41. The molecule has 1 aromatic heterocycles. The van der Waals surface area contributed by atoms with E-state index in [4.69, 9.17) is 0 Å². The largest absolute Gasteiger partial charge is 0.348 e. The summed E-state index contributed by atoms with van der Waals surface area (Å²) in [6, 6.07) is 11.5. The van der Waals surface area contributed by atoms with Gasteiger partial charge in [-0.2, -0.15) is 0 Å². The molecule has 0 aliphatic rings. The molecule has 1 atom stereocenters. The lowest BCUT2D eigenvalue weighted by Crippen LogP contribution is -2.35. The average Bonchev–Trinajstić information content (AvgIpc) is 2.58. The Labute approximate surface area is 151 Å². The molecule has 6 nitrogen and oxygen atoms in total. The Kier molecular flexibility index (Phi) is 4.84. The van der Waals surface area contributed by atoms with E-state index in [0.29, 0.717) is 10.9 Å². The van der Waals surface area contributed by atoms with Crippen LogP contribution in [0.25, 0.3) is 10.9 Å². The third-order valence-electron chi connectivity index (χ3n) is 4.41. The lowest BCUT2D eigenvalue weighted by molar-refractivity contribution is -0.122. The van der Waals surface area contributed by atoms with Crippen molar-refractivity contribution >= 4 is 16.8 Å². The number of aromatic nitrogens is 3. The van der Waals surface area contributed by atoms with E-state index in [0.717, 1.165) is 26.9 Å². The summed E-state index contributed by atoms with van der Waals surface area (Å²) in [6.45, 7) is 7.58. The van der Waals surface area contributed by atoms with Crippen molar-refractivity contribution in [2.45, 2.75) is 40.3 Å². The summed E-state index contributed by atoms with van der Waals surface area (Å²) >= 11 is 0. The maximum Gasteiger partial charge on any atom is 0.278 e. The van der Waals surface area contributed by atoms with E-state index in [9.17, 15) is 9.59 Å². The van der Waals surface area contributed by atoms with Crippen LogP contribution >= 0.6 is 0 Å². The molecule has 0 spiro atoms. The Morgan fingerprint density at radius 1 is 1.12 bits per heavy atom. The molecule has 0 aliphatic carbocycles. The fraction of sp³-hybridized carbons (Fsp3) is 0.300. The van der Waals surface area contributed by atoms with E-state index in [1.54, 1.807) is 6.07 Å². The van der Waals surface area contributed by atoms with Crippen molar-refractivity contribution in [2.24, 2.45) is 0 Å². The molecule has 134 valence electrons. The van der Waals surface area contributed by atoms with Gasteiger partial charge in [0.25, 0.3) is 5.56 Å². The van der Waals surface area contributed by atoms with Crippen molar-refractivity contribution in [3.63, 3.8) is 0 Å². The molecule has 1 N–H and O–H groups in total. The minimum atomic E-state index is -0.306. The predicted octanol–water partition coefficient (Wildman–Crippen LogP) is 2.59. The van der Waals surface area contributed by atoms with Gasteiger partial charge in [0.2, 0.25) is 5.91 Å². The van der Waals surface area contributed by atoms with E-state index >= 15 is 0 Å². The SMILES string of the molecule is Cc1ccc(C(C)NC(=O)Cn2nnc3c(C)cc(C)cc3c2=O)cc1. The van der Waals surface area contributed by atoms with E-state index in [1.165, 1.54) is 0 Å². The van der Waals surface area contributed by atoms with Crippen LogP contribution in [0, 0.1) is 20.8 Å². The van der Waals surface area contributed by atoms with Gasteiger partial charge in [0.1, 0.15) is 12.1 Å². The third kappa shape index (κ3) is 3.64. The van der Waals surface area contributed by atoms with Crippen LogP contribution in [0.2, 0.25) is 0 Å². The number of rotatable bonds is 4. The maximum absolute atomic E-state index is 12.6. The topological polar surface area (TPSA) is 76.9 Å². The normalized spacial score (nSPS) is 12.2. The number of carbonyl (C=O) groups excluding carboxylic acids is 1. The zero-order valence-corrected chi connectivity index (χ0v) is 15.4. The van der Waals surface area contributed by atoms with Crippen LogP contribution in [0.3, 0.4) is 0 Å². The number of hydrogen-bond acceptors (Lipinski definition) is 4. The van der Waals surface area contributed by atoms with Crippen LogP contribution in [0.1, 0.15) is 35.2 Å². The van der Waals surface area contributed by atoms with Gasteiger partial charge in [0.05, 0.1) is 11.4 Å². The molecule has 0 fully saturated rings. The van der Waals surface area contributed by atoms with E-state index in [-0.39, 0.29) is 24.1 Å². The molecule has 0 aliphatic heterocycles. The highest BCUT2D eigenvalue weighted by molar-refractivity contribution is 5.81. The van der Waals surface area contributed by atoms with Gasteiger partial charge in [0.15, 0.2) is 0 Å². The highest BCUT2D eigenvalue weighted by atomic mass is 16.2. The van der Waals surface area contributed by atoms with Crippen LogP contribution < -0.4 is 10.9 Å². The van der Waals surface area contributed by atoms with Gasteiger partial charge in [-0.05, 0) is 50.5 Å². The Morgan fingerprint density at radius 3 is 2.50 bits per heavy atom. The lowest BCUT2D eigenvalue weighted by atomic mass is 10.1. The smallest absolute Gasteiger partial charge is 0.278 e. The first-order chi connectivity index (χ1) is 12.3. The minimum Gasteiger partial charge on any atom is -0.348 e. The molecule has 0 bridgehead atoms. The molecule has 2 aromatic carbocycles. The van der Waals surface area contributed by atoms with Gasteiger partial charge >= 0.3 is 0 Å². The van der Waals surface area contributed by atoms with Gasteiger partial charge in [-0.1, -0.05) is 41.1 Å². The lowest BCUT2D eigenvalue weighted by Gasteiger charge is -2.15. The number of nitrogens with one attached hydrogen (secondary N) is 1. The number of benzene rings is 2. The Morgan fingerprint density at radius 2 is 1.81 bits per heavy atom. The van der Waals surface area contributed by atoms with Gasteiger partial charge in [-0.3, -0.25) is 9.59 Å². The molecule has 0 saturated carbocycles. The van der Waals surface area contributed by atoms with E-state index in [2.05, 4.69) is 15.6 Å². The number of nitrogens with zero attached hydrogens (tertiary/aromatic N) is 3. The number of amides is 1. The fourth-order valence-corrected chi connectivity index (χ4v) is 3.00. The molecule has 0 saturated heterocycles. The molecule has 3 aromatic rings. The number of fused-ring (bicyclic) bond motifs is 1. The van der Waals surface area contributed by atoms with Crippen molar-refractivity contribution in [1.29, 1.82) is 0 Å². The van der Waals surface area contributed by atoms with Crippen LogP contribution in [-0.2, 0) is 11.3 Å². The molecule has 1 amide bonds. The monoisotopic (exact) mass is 350 g/mol. The van der Waals surface area contributed by atoms with Crippen molar-refractivity contribution in [3.8, 4) is 0 Å². The summed E-state index contributed by atoms with van der Waals surface area (Å²) in [7, 11) is 0. The zero-order chi connectivity index (χ0) is 18.8. The fourth-order valence-electron chi connectivity index (χ4n) is 3.00. The number of aryl methyl sites for hydroxylation is 3. The van der Waals surface area contributed by atoms with Crippen LogP contribution in [0.4, 0.5) is 0 Å². The zero-order valence-electron chi connectivity index (χ0n) is 15.4. The van der Waals surface area contributed by atoms with Gasteiger partial charge in [-0.25, -0.2) is 4.68 Å². The summed E-state index contributed by atoms with van der Waals surface area (Å²) in [5.41, 5.74) is 4.31. The second kappa shape index (κ2) is 7.07. The summed E-state index contributed by atoms with van der Waals surface area (Å²) in [6.07, 6.45) is 0. The molecular formula is C20H22N4O2. The van der Waals surface area contributed by atoms with Crippen molar-refractivity contribution in [2.75, 3.05) is 0 Å².